The molecule has 0 aliphatic carbocycles. The van der Waals surface area contributed by atoms with Gasteiger partial charge in [0, 0.05) is 7.11 Å². The van der Waals surface area contributed by atoms with Crippen LogP contribution in [0.1, 0.15) is 5.56 Å². The normalized spacial score (nSPS) is 15.2. The highest BCUT2D eigenvalue weighted by Gasteiger charge is 2.49. The number of carbonyl (C=O) groups excluding carboxylic acids is 1. The lowest BCUT2D eigenvalue weighted by Gasteiger charge is -2.27. The molecule has 24 heavy (non-hydrogen) atoms. The highest BCUT2D eigenvalue weighted by atomic mass is 19.4. The minimum absolute atomic E-state index is 0.669. The van der Waals surface area contributed by atoms with Crippen LogP contribution in [0, 0.1) is 5.92 Å². The molecule has 0 aliphatic rings. The summed E-state index contributed by atoms with van der Waals surface area (Å²) in [7, 11) is 3.29. The van der Waals surface area contributed by atoms with Crippen molar-refractivity contribution in [3.05, 3.63) is 53.8 Å². The summed E-state index contributed by atoms with van der Waals surface area (Å²) >= 11 is 0. The summed E-state index contributed by atoms with van der Waals surface area (Å²) in [6.45, 7) is 0. The number of ether oxygens (including phenoxy) is 3. The predicted molar refractivity (Wildman–Crippen MR) is 82.9 cm³/mol. The van der Waals surface area contributed by atoms with E-state index in [1.807, 2.05) is 0 Å². The first-order valence-electron chi connectivity index (χ1n) is 6.99. The minimum atomic E-state index is -4.74. The molecule has 0 saturated carbocycles. The van der Waals surface area contributed by atoms with Crippen molar-refractivity contribution in [3.63, 3.8) is 0 Å². The lowest BCUT2D eigenvalue weighted by Crippen LogP contribution is -2.38. The van der Waals surface area contributed by atoms with E-state index < -0.39 is 29.7 Å². The second kappa shape index (κ2) is 9.12. The molecular formula is C17H19F3O4. The molecule has 7 heteroatoms. The lowest BCUT2D eigenvalue weighted by molar-refractivity contribution is -0.189. The molecular weight excluding hydrogens is 325 g/mol. The van der Waals surface area contributed by atoms with E-state index in [1.165, 1.54) is 12.2 Å². The van der Waals surface area contributed by atoms with Crippen molar-refractivity contribution in [3.8, 4) is 0 Å². The molecule has 0 aromatic heterocycles. The fraction of sp³-hybridized carbons (Fsp3) is 0.353. The van der Waals surface area contributed by atoms with E-state index >= 15 is 0 Å². The molecule has 0 N–H and O–H groups in total. The molecule has 0 radical (unpaired) electrons. The number of rotatable bonds is 7. The molecule has 0 heterocycles. The second-order valence-electron chi connectivity index (χ2n) is 4.79. The fourth-order valence-electron chi connectivity index (χ4n) is 2.13. The number of carbonyl (C=O) groups is 1. The van der Waals surface area contributed by atoms with Gasteiger partial charge in [0.15, 0.2) is 0 Å². The second-order valence-corrected chi connectivity index (χ2v) is 4.79. The van der Waals surface area contributed by atoms with Crippen LogP contribution in [0.5, 0.6) is 0 Å². The third-order valence-electron chi connectivity index (χ3n) is 3.23. The Labute approximate surface area is 138 Å². The molecule has 2 unspecified atom stereocenters. The van der Waals surface area contributed by atoms with Gasteiger partial charge in [0.25, 0.3) is 0 Å². The molecule has 0 fully saturated rings. The van der Waals surface area contributed by atoms with Crippen LogP contribution in [0.3, 0.4) is 0 Å². The molecule has 132 valence electrons. The number of halogens is 3. The van der Waals surface area contributed by atoms with Crippen molar-refractivity contribution in [2.24, 2.45) is 5.92 Å². The molecule has 1 aromatic carbocycles. The van der Waals surface area contributed by atoms with E-state index in [-0.39, 0.29) is 0 Å². The highest BCUT2D eigenvalue weighted by Crippen LogP contribution is 2.37. The summed E-state index contributed by atoms with van der Waals surface area (Å²) in [5.74, 6) is -3.36. The van der Waals surface area contributed by atoms with Crippen LogP contribution < -0.4 is 0 Å². The van der Waals surface area contributed by atoms with Crippen LogP contribution in [-0.4, -0.2) is 39.6 Å². The predicted octanol–water partition coefficient (Wildman–Crippen LogP) is 3.60. The van der Waals surface area contributed by atoms with E-state index in [1.54, 1.807) is 30.3 Å². The Morgan fingerprint density at radius 2 is 1.75 bits per heavy atom. The van der Waals surface area contributed by atoms with Gasteiger partial charge in [-0.3, -0.25) is 0 Å². The van der Waals surface area contributed by atoms with Gasteiger partial charge in [0.05, 0.1) is 32.2 Å². The first kappa shape index (κ1) is 19.8. The molecule has 4 nitrogen and oxygen atoms in total. The Balaban J connectivity index is 3.23. The fourth-order valence-corrected chi connectivity index (χ4v) is 2.13. The molecule has 0 spiro atoms. The Hall–Kier alpha value is -2.28. The summed E-state index contributed by atoms with van der Waals surface area (Å²) in [5.41, 5.74) is 0.0351. The molecule has 0 bridgehead atoms. The zero-order chi connectivity index (χ0) is 18.2. The summed E-state index contributed by atoms with van der Waals surface area (Å²) in [6.07, 6.45) is -2.69. The standard InChI is InChI=1S/C17H19F3O4/c1-22-11-13(16(21)24-3)15(17(18,19)20)14(23-2)10-9-12-7-5-4-6-8-12/h4-11,14-15H,1-3H3/b10-9+,13-11+. The van der Waals surface area contributed by atoms with Crippen molar-refractivity contribution in [2.75, 3.05) is 21.3 Å². The Morgan fingerprint density at radius 1 is 1.12 bits per heavy atom. The van der Waals surface area contributed by atoms with Crippen LogP contribution in [0.25, 0.3) is 6.08 Å². The summed E-state index contributed by atoms with van der Waals surface area (Å²) < 4.78 is 54.6. The number of methoxy groups -OCH3 is 3. The van der Waals surface area contributed by atoms with Crippen LogP contribution in [-0.2, 0) is 19.0 Å². The van der Waals surface area contributed by atoms with Crippen LogP contribution >= 0.6 is 0 Å². The summed E-state index contributed by atoms with van der Waals surface area (Å²) in [5, 5.41) is 0. The zero-order valence-electron chi connectivity index (χ0n) is 13.5. The van der Waals surface area contributed by atoms with Gasteiger partial charge < -0.3 is 14.2 Å². The topological polar surface area (TPSA) is 44.8 Å². The monoisotopic (exact) mass is 344 g/mol. The zero-order valence-corrected chi connectivity index (χ0v) is 13.5. The average molecular weight is 344 g/mol. The molecule has 0 saturated heterocycles. The van der Waals surface area contributed by atoms with Crippen molar-refractivity contribution in [1.82, 2.24) is 0 Å². The van der Waals surface area contributed by atoms with Crippen LogP contribution in [0.2, 0.25) is 0 Å². The number of esters is 1. The van der Waals surface area contributed by atoms with Gasteiger partial charge in [-0.15, -0.1) is 0 Å². The van der Waals surface area contributed by atoms with Crippen LogP contribution in [0.15, 0.2) is 48.2 Å². The maximum atomic E-state index is 13.5. The van der Waals surface area contributed by atoms with Crippen molar-refractivity contribution in [1.29, 1.82) is 0 Å². The van der Waals surface area contributed by atoms with E-state index in [0.29, 0.717) is 5.56 Å². The van der Waals surface area contributed by atoms with Gasteiger partial charge in [-0.05, 0) is 5.56 Å². The van der Waals surface area contributed by atoms with E-state index in [2.05, 4.69) is 9.47 Å². The van der Waals surface area contributed by atoms with Gasteiger partial charge >= 0.3 is 12.1 Å². The highest BCUT2D eigenvalue weighted by molar-refractivity contribution is 5.89. The van der Waals surface area contributed by atoms with Gasteiger partial charge in [0.2, 0.25) is 0 Å². The number of benzene rings is 1. The van der Waals surface area contributed by atoms with Crippen molar-refractivity contribution >= 4 is 12.0 Å². The molecule has 1 rings (SSSR count). The Morgan fingerprint density at radius 3 is 2.21 bits per heavy atom. The summed E-state index contributed by atoms with van der Waals surface area (Å²) in [4.78, 5) is 11.7. The van der Waals surface area contributed by atoms with Gasteiger partial charge in [-0.1, -0.05) is 42.5 Å². The average Bonchev–Trinajstić information content (AvgIpc) is 2.56. The molecule has 0 aliphatic heterocycles. The molecule has 1 aromatic rings. The third kappa shape index (κ3) is 5.42. The van der Waals surface area contributed by atoms with Crippen LogP contribution in [0.4, 0.5) is 13.2 Å². The largest absolute Gasteiger partial charge is 0.504 e. The van der Waals surface area contributed by atoms with E-state index in [9.17, 15) is 18.0 Å². The maximum Gasteiger partial charge on any atom is 0.398 e. The molecule has 2 atom stereocenters. The lowest BCUT2D eigenvalue weighted by atomic mass is 9.92. The first-order chi connectivity index (χ1) is 11.3. The maximum absolute atomic E-state index is 13.5. The SMILES string of the molecule is CO/C=C(/C(=O)OC)C(C(/C=C/c1ccccc1)OC)C(F)(F)F. The smallest absolute Gasteiger partial charge is 0.398 e. The van der Waals surface area contributed by atoms with Gasteiger partial charge in [-0.25, -0.2) is 4.79 Å². The number of hydrogen-bond acceptors (Lipinski definition) is 4. The number of hydrogen-bond donors (Lipinski definition) is 0. The van der Waals surface area contributed by atoms with E-state index in [0.717, 1.165) is 27.6 Å². The quantitative estimate of drug-likeness (QED) is 0.431. The first-order valence-corrected chi connectivity index (χ1v) is 6.99. The minimum Gasteiger partial charge on any atom is -0.504 e. The van der Waals surface area contributed by atoms with Gasteiger partial charge in [0.1, 0.15) is 5.92 Å². The van der Waals surface area contributed by atoms with Crippen molar-refractivity contribution < 1.29 is 32.2 Å². The Bertz CT molecular complexity index is 579. The molecule has 0 amide bonds. The number of alkyl halides is 3. The van der Waals surface area contributed by atoms with Crippen molar-refractivity contribution in [2.45, 2.75) is 12.3 Å². The van der Waals surface area contributed by atoms with Gasteiger partial charge in [-0.2, -0.15) is 13.2 Å². The third-order valence-corrected chi connectivity index (χ3v) is 3.23. The van der Waals surface area contributed by atoms with E-state index in [4.69, 9.17) is 4.74 Å². The summed E-state index contributed by atoms with van der Waals surface area (Å²) in [6, 6.07) is 8.78. The Kier molecular flexibility index (Phi) is 7.51.